The third-order valence-electron chi connectivity index (χ3n) is 13.5. The highest BCUT2D eigenvalue weighted by atomic mass is 32.2. The lowest BCUT2D eigenvalue weighted by Gasteiger charge is -2.44. The Morgan fingerprint density at radius 2 is 0.984 bits per heavy atom. The summed E-state index contributed by atoms with van der Waals surface area (Å²) in [7, 11) is 0. The van der Waals surface area contributed by atoms with Crippen LogP contribution in [-0.2, 0) is 0 Å². The Balaban J connectivity index is 1.12. The number of para-hydroxylation sites is 3. The molecule has 4 aliphatic heterocycles. The number of rotatable bonds is 2. The fourth-order valence-corrected chi connectivity index (χ4v) is 14.8. The summed E-state index contributed by atoms with van der Waals surface area (Å²) < 4.78 is 12.2. The minimum absolute atomic E-state index is 0.0326. The van der Waals surface area contributed by atoms with E-state index in [1.165, 1.54) is 106 Å². The molecule has 0 fully saturated rings. The van der Waals surface area contributed by atoms with Gasteiger partial charge in [-0.1, -0.05) is 132 Å². The quantitative estimate of drug-likeness (QED) is 0.161. The van der Waals surface area contributed by atoms with Crippen LogP contribution in [-0.4, -0.2) is 13.4 Å². The van der Waals surface area contributed by atoms with Gasteiger partial charge in [0.25, 0.3) is 6.71 Å². The van der Waals surface area contributed by atoms with Gasteiger partial charge in [0.2, 0.25) is 6.71 Å². The molecule has 0 N–H and O–H groups in total. The fourth-order valence-electron chi connectivity index (χ4n) is 11.1. The summed E-state index contributed by atoms with van der Waals surface area (Å²) >= 11 is 5.72. The molecule has 62 heavy (non-hydrogen) atoms. The smallest absolute Gasteiger partial charge is 0.256 e. The maximum absolute atomic E-state index is 7.01. The van der Waals surface area contributed by atoms with E-state index >= 15 is 0 Å². The van der Waals surface area contributed by atoms with Crippen molar-refractivity contribution in [1.29, 1.82) is 0 Å². The van der Waals surface area contributed by atoms with Gasteiger partial charge in [-0.3, -0.25) is 0 Å². The molecular weight excluding hydrogens is 810 g/mol. The Morgan fingerprint density at radius 1 is 0.403 bits per heavy atom. The monoisotopic (exact) mass is 840 g/mol. The van der Waals surface area contributed by atoms with E-state index < -0.39 is 0 Å². The van der Waals surface area contributed by atoms with Gasteiger partial charge in [-0.15, -0.1) is 22.7 Å². The van der Waals surface area contributed by atoms with Gasteiger partial charge < -0.3 is 14.5 Å². The average molecular weight is 841 g/mol. The molecular formula is C54H30B2N2OS3. The standard InChI is InChI=1S/C54H30B2N2OS3/c1-3-15-31(16-4-1)57-39-28-40-38(27-37(39)56-36-22-10-14-26-46(36)62-54-50-34-20-8-13-25-45(34)60-47(50)29-41(57)51(54)56)55-35-21-9-11-23-42(35)59-43-30-48-49(33-19-7-12-24-44(33)61-48)53(52(43)55)58(40)32-17-5-2-6-18-32/h1-30H. The number of thiophene rings is 2. The Hall–Kier alpha value is -6.70. The lowest BCUT2D eigenvalue weighted by Crippen LogP contribution is -2.64. The predicted octanol–water partition coefficient (Wildman–Crippen LogP) is 11.6. The topological polar surface area (TPSA) is 15.7 Å². The van der Waals surface area contributed by atoms with Crippen LogP contribution in [0.3, 0.4) is 0 Å². The van der Waals surface area contributed by atoms with Crippen LogP contribution in [0.25, 0.3) is 40.3 Å². The molecule has 3 nitrogen and oxygen atoms in total. The zero-order chi connectivity index (χ0) is 40.2. The van der Waals surface area contributed by atoms with Crippen molar-refractivity contribution >= 4 is 155 Å². The van der Waals surface area contributed by atoms with Crippen LogP contribution in [0.15, 0.2) is 192 Å². The van der Waals surface area contributed by atoms with Crippen LogP contribution in [0, 0.1) is 0 Å². The summed E-state index contributed by atoms with van der Waals surface area (Å²) in [5.41, 5.74) is 15.0. The Bertz CT molecular complexity index is 3730. The van der Waals surface area contributed by atoms with Crippen molar-refractivity contribution in [3.05, 3.63) is 182 Å². The molecule has 11 aromatic rings. The van der Waals surface area contributed by atoms with Crippen molar-refractivity contribution in [3.8, 4) is 11.5 Å². The SMILES string of the molecule is c1ccc(N2c3cc4c(cc3B3c5ccccc5Sc5c3c2cc2sc3ccccc3c52)B2c3ccccc3Oc3cc5sc6ccccc6c5c(c32)N4c2ccccc2)cc1. The maximum Gasteiger partial charge on any atom is 0.256 e. The first-order valence-corrected chi connectivity index (χ1v) is 23.6. The van der Waals surface area contributed by atoms with Gasteiger partial charge in [0, 0.05) is 78.6 Å². The molecule has 6 heterocycles. The second-order valence-electron chi connectivity index (χ2n) is 16.7. The van der Waals surface area contributed by atoms with Gasteiger partial charge in [-0.05, 0) is 94.0 Å². The molecule has 9 aromatic carbocycles. The van der Waals surface area contributed by atoms with Crippen LogP contribution >= 0.6 is 34.4 Å². The third-order valence-corrected chi connectivity index (χ3v) is 17.0. The van der Waals surface area contributed by atoms with Gasteiger partial charge in [0.05, 0.1) is 5.69 Å². The van der Waals surface area contributed by atoms with Crippen LogP contribution < -0.4 is 47.3 Å². The molecule has 286 valence electrons. The zero-order valence-corrected chi connectivity index (χ0v) is 35.5. The molecule has 0 bridgehead atoms. The minimum Gasteiger partial charge on any atom is -0.458 e. The van der Waals surface area contributed by atoms with Gasteiger partial charge in [0.15, 0.2) is 0 Å². The summed E-state index contributed by atoms with van der Waals surface area (Å²) in [6.45, 7) is -0.0129. The van der Waals surface area contributed by atoms with Crippen LogP contribution in [0.5, 0.6) is 11.5 Å². The van der Waals surface area contributed by atoms with E-state index in [1.54, 1.807) is 0 Å². The summed E-state index contributed by atoms with van der Waals surface area (Å²) in [6.07, 6.45) is 0. The Morgan fingerprint density at radius 3 is 1.74 bits per heavy atom. The summed E-state index contributed by atoms with van der Waals surface area (Å²) in [5.74, 6) is 1.87. The number of hydrogen-bond donors (Lipinski definition) is 0. The van der Waals surface area contributed by atoms with E-state index in [4.69, 9.17) is 4.74 Å². The van der Waals surface area contributed by atoms with Crippen molar-refractivity contribution in [1.82, 2.24) is 0 Å². The first-order chi connectivity index (χ1) is 30.8. The fraction of sp³-hybridized carbons (Fsp3) is 0. The molecule has 2 aromatic heterocycles. The van der Waals surface area contributed by atoms with Gasteiger partial charge in [-0.2, -0.15) is 0 Å². The molecule has 8 heteroatoms. The second kappa shape index (κ2) is 12.5. The number of hydrogen-bond acceptors (Lipinski definition) is 6. The molecule has 4 aliphatic rings. The highest BCUT2D eigenvalue weighted by Crippen LogP contribution is 2.52. The molecule has 0 unspecified atom stereocenters. The van der Waals surface area contributed by atoms with Crippen molar-refractivity contribution < 1.29 is 4.74 Å². The zero-order valence-electron chi connectivity index (χ0n) is 33.0. The molecule has 0 saturated heterocycles. The third kappa shape index (κ3) is 4.44. The Kier molecular flexibility index (Phi) is 6.82. The molecule has 0 saturated carbocycles. The van der Waals surface area contributed by atoms with Gasteiger partial charge in [-0.25, -0.2) is 0 Å². The molecule has 0 radical (unpaired) electrons. The van der Waals surface area contributed by atoms with Crippen molar-refractivity contribution in [3.63, 3.8) is 0 Å². The summed E-state index contributed by atoms with van der Waals surface area (Å²) in [6, 6.07) is 67.8. The first-order valence-electron chi connectivity index (χ1n) is 21.1. The highest BCUT2D eigenvalue weighted by Gasteiger charge is 2.47. The van der Waals surface area contributed by atoms with Crippen molar-refractivity contribution in [2.45, 2.75) is 9.79 Å². The number of ether oxygens (including phenoxy) is 1. The van der Waals surface area contributed by atoms with Crippen LogP contribution in [0.4, 0.5) is 34.1 Å². The predicted molar refractivity (Wildman–Crippen MR) is 268 cm³/mol. The number of benzene rings is 9. The molecule has 15 rings (SSSR count). The minimum atomic E-state index is -0.0455. The second-order valence-corrected chi connectivity index (χ2v) is 19.9. The first kappa shape index (κ1) is 34.0. The largest absolute Gasteiger partial charge is 0.458 e. The lowest BCUT2D eigenvalue weighted by molar-refractivity contribution is 0.488. The van der Waals surface area contributed by atoms with Crippen molar-refractivity contribution in [2.24, 2.45) is 0 Å². The van der Waals surface area contributed by atoms with Gasteiger partial charge in [0.1, 0.15) is 11.5 Å². The van der Waals surface area contributed by atoms with Crippen molar-refractivity contribution in [2.75, 3.05) is 9.80 Å². The summed E-state index contributed by atoms with van der Waals surface area (Å²) in [4.78, 5) is 7.85. The number of anilines is 6. The molecule has 0 aliphatic carbocycles. The van der Waals surface area contributed by atoms with Crippen LogP contribution in [0.2, 0.25) is 0 Å². The highest BCUT2D eigenvalue weighted by molar-refractivity contribution is 8.00. The van der Waals surface area contributed by atoms with E-state index in [-0.39, 0.29) is 13.4 Å². The molecule has 0 amide bonds. The number of nitrogens with zero attached hydrogens (tertiary/aromatic N) is 2. The van der Waals surface area contributed by atoms with E-state index in [0.29, 0.717) is 0 Å². The van der Waals surface area contributed by atoms with E-state index in [9.17, 15) is 0 Å². The Labute approximate surface area is 370 Å². The van der Waals surface area contributed by atoms with E-state index in [0.717, 1.165) is 22.9 Å². The normalized spacial score (nSPS) is 14.1. The van der Waals surface area contributed by atoms with Gasteiger partial charge >= 0.3 is 0 Å². The molecule has 0 atom stereocenters. The summed E-state index contributed by atoms with van der Waals surface area (Å²) in [5, 5.41) is 5.28. The average Bonchev–Trinajstić information content (AvgIpc) is 3.89. The lowest BCUT2D eigenvalue weighted by atomic mass is 9.31. The van der Waals surface area contributed by atoms with Crippen LogP contribution in [0.1, 0.15) is 0 Å². The maximum atomic E-state index is 7.01. The van der Waals surface area contributed by atoms with E-state index in [1.807, 2.05) is 34.4 Å². The van der Waals surface area contributed by atoms with E-state index in [2.05, 4.69) is 192 Å². The molecule has 0 spiro atoms. The number of fused-ring (bicyclic) bond motifs is 16.